The highest BCUT2D eigenvalue weighted by atomic mass is 16.5. The van der Waals surface area contributed by atoms with E-state index < -0.39 is 6.10 Å². The minimum Gasteiger partial charge on any atom is -0.459 e. The van der Waals surface area contributed by atoms with E-state index in [0.717, 1.165) is 11.4 Å². The maximum absolute atomic E-state index is 12.5. The van der Waals surface area contributed by atoms with Gasteiger partial charge in [0, 0.05) is 51.5 Å². The maximum Gasteiger partial charge on any atom is 0.338 e. The smallest absolute Gasteiger partial charge is 0.338 e. The number of benzene rings is 2. The van der Waals surface area contributed by atoms with Gasteiger partial charge in [0.25, 0.3) is 0 Å². The van der Waals surface area contributed by atoms with Gasteiger partial charge in [0.15, 0.2) is 5.78 Å². The summed E-state index contributed by atoms with van der Waals surface area (Å²) < 4.78 is 11.2. The Bertz CT molecular complexity index is 829. The molecule has 2 atom stereocenters. The first-order valence-corrected chi connectivity index (χ1v) is 10.1. The molecule has 0 saturated heterocycles. The highest BCUT2D eigenvalue weighted by molar-refractivity contribution is 5.99. The molecule has 2 rings (SSSR count). The molecular weight excluding hydrogens is 380 g/mol. The van der Waals surface area contributed by atoms with Crippen molar-refractivity contribution in [3.63, 3.8) is 0 Å². The van der Waals surface area contributed by atoms with E-state index in [2.05, 4.69) is 0 Å². The lowest BCUT2D eigenvalue weighted by atomic mass is 10.1. The Morgan fingerprint density at radius 1 is 0.800 bits per heavy atom. The van der Waals surface area contributed by atoms with Crippen LogP contribution in [0.2, 0.25) is 0 Å². The van der Waals surface area contributed by atoms with Crippen LogP contribution in [0, 0.1) is 0 Å². The van der Waals surface area contributed by atoms with Crippen molar-refractivity contribution in [1.29, 1.82) is 0 Å². The van der Waals surface area contributed by atoms with Crippen LogP contribution in [0.5, 0.6) is 0 Å². The molecule has 0 radical (unpaired) electrons. The number of anilines is 2. The zero-order chi connectivity index (χ0) is 22.3. The Balaban J connectivity index is 1.78. The van der Waals surface area contributed by atoms with Crippen LogP contribution in [0.4, 0.5) is 11.4 Å². The molecule has 162 valence electrons. The second kappa shape index (κ2) is 10.8. The van der Waals surface area contributed by atoms with Gasteiger partial charge in [0.2, 0.25) is 0 Å². The van der Waals surface area contributed by atoms with E-state index in [9.17, 15) is 9.59 Å². The number of carbonyl (C=O) groups excluding carboxylic acids is 2. The molecular formula is C24H32N2O4. The highest BCUT2D eigenvalue weighted by Crippen LogP contribution is 2.16. The summed E-state index contributed by atoms with van der Waals surface area (Å²) in [6, 6.07) is 14.7. The van der Waals surface area contributed by atoms with Crippen LogP contribution < -0.4 is 9.80 Å². The predicted molar refractivity (Wildman–Crippen MR) is 121 cm³/mol. The first-order chi connectivity index (χ1) is 14.2. The molecule has 0 heterocycles. The second-order valence-corrected chi connectivity index (χ2v) is 7.76. The van der Waals surface area contributed by atoms with Crippen molar-refractivity contribution in [2.45, 2.75) is 32.5 Å². The van der Waals surface area contributed by atoms with E-state index in [1.807, 2.05) is 81.3 Å². The molecule has 0 spiro atoms. The van der Waals surface area contributed by atoms with Gasteiger partial charge in [0.1, 0.15) is 12.2 Å². The number of Topliss-reactive ketones (excluding diaryl/α,β-unsaturated/α-hetero) is 1. The standard InChI is InChI=1S/C24H32N2O4/c1-17(30-24(28)20-9-13-22(14-10-20)26(5)6)15-16-29-18(2)23(27)19-7-11-21(12-8-19)25(3)4/h7-14,17-18H,15-16H2,1-6H3. The number of esters is 1. The highest BCUT2D eigenvalue weighted by Gasteiger charge is 2.17. The van der Waals surface area contributed by atoms with E-state index >= 15 is 0 Å². The lowest BCUT2D eigenvalue weighted by Crippen LogP contribution is -2.24. The molecule has 30 heavy (non-hydrogen) atoms. The van der Waals surface area contributed by atoms with Gasteiger partial charge in [-0.25, -0.2) is 4.79 Å². The number of hydrogen-bond donors (Lipinski definition) is 0. The van der Waals surface area contributed by atoms with Gasteiger partial charge < -0.3 is 19.3 Å². The summed E-state index contributed by atoms with van der Waals surface area (Å²) in [7, 11) is 7.80. The number of hydrogen-bond acceptors (Lipinski definition) is 6. The summed E-state index contributed by atoms with van der Waals surface area (Å²) in [4.78, 5) is 28.7. The van der Waals surface area contributed by atoms with Crippen LogP contribution in [0.15, 0.2) is 48.5 Å². The maximum atomic E-state index is 12.5. The van der Waals surface area contributed by atoms with E-state index in [-0.39, 0.29) is 17.9 Å². The zero-order valence-electron chi connectivity index (χ0n) is 18.7. The minimum absolute atomic E-state index is 0.0639. The second-order valence-electron chi connectivity index (χ2n) is 7.76. The molecule has 2 aromatic carbocycles. The monoisotopic (exact) mass is 412 g/mol. The topological polar surface area (TPSA) is 59.1 Å². The quantitative estimate of drug-likeness (QED) is 0.434. The van der Waals surface area contributed by atoms with E-state index in [1.165, 1.54) is 0 Å². The SMILES string of the molecule is CC(CCOC(C)C(=O)c1ccc(N(C)C)cc1)OC(=O)c1ccc(N(C)C)cc1. The molecule has 0 aliphatic carbocycles. The van der Waals surface area contributed by atoms with Gasteiger partial charge in [-0.1, -0.05) is 0 Å². The fourth-order valence-corrected chi connectivity index (χ4v) is 2.85. The lowest BCUT2D eigenvalue weighted by Gasteiger charge is -2.17. The van der Waals surface area contributed by atoms with Crippen molar-refractivity contribution >= 4 is 23.1 Å². The van der Waals surface area contributed by atoms with Crippen molar-refractivity contribution < 1.29 is 19.1 Å². The molecule has 6 heteroatoms. The Morgan fingerprint density at radius 2 is 1.27 bits per heavy atom. The number of nitrogens with zero attached hydrogens (tertiary/aromatic N) is 2. The van der Waals surface area contributed by atoms with Crippen LogP contribution in [0.1, 0.15) is 41.0 Å². The average molecular weight is 413 g/mol. The third-order valence-electron chi connectivity index (χ3n) is 4.86. The molecule has 2 aromatic rings. The summed E-state index contributed by atoms with van der Waals surface area (Å²) in [6.07, 6.45) is -0.358. The number of ether oxygens (including phenoxy) is 2. The Morgan fingerprint density at radius 3 is 1.73 bits per heavy atom. The molecule has 0 amide bonds. The summed E-state index contributed by atoms with van der Waals surface area (Å²) in [5.41, 5.74) is 3.18. The largest absolute Gasteiger partial charge is 0.459 e. The molecule has 0 aliphatic heterocycles. The normalized spacial score (nSPS) is 12.7. The minimum atomic E-state index is -0.559. The van der Waals surface area contributed by atoms with Crippen LogP contribution in [0.25, 0.3) is 0 Å². The Kier molecular flexibility index (Phi) is 8.42. The van der Waals surface area contributed by atoms with Gasteiger partial charge >= 0.3 is 5.97 Å². The van der Waals surface area contributed by atoms with Gasteiger partial charge in [0.05, 0.1) is 12.2 Å². The van der Waals surface area contributed by atoms with E-state index in [0.29, 0.717) is 24.2 Å². The third kappa shape index (κ3) is 6.59. The molecule has 0 bridgehead atoms. The molecule has 0 saturated carbocycles. The molecule has 0 N–H and O–H groups in total. The molecule has 0 aromatic heterocycles. The van der Waals surface area contributed by atoms with Gasteiger partial charge in [-0.05, 0) is 62.4 Å². The van der Waals surface area contributed by atoms with Crippen molar-refractivity contribution in [2.75, 3.05) is 44.6 Å². The summed E-state index contributed by atoms with van der Waals surface area (Å²) >= 11 is 0. The first kappa shape index (κ1) is 23.4. The van der Waals surface area contributed by atoms with Crippen molar-refractivity contribution in [3.05, 3.63) is 59.7 Å². The van der Waals surface area contributed by atoms with Crippen molar-refractivity contribution in [1.82, 2.24) is 0 Å². The fourth-order valence-electron chi connectivity index (χ4n) is 2.85. The van der Waals surface area contributed by atoms with Crippen molar-refractivity contribution in [3.8, 4) is 0 Å². The van der Waals surface area contributed by atoms with Crippen LogP contribution in [-0.4, -0.2) is 58.8 Å². The molecule has 0 fully saturated rings. The number of carbonyl (C=O) groups is 2. The summed E-state index contributed by atoms with van der Waals surface area (Å²) in [5, 5.41) is 0. The first-order valence-electron chi connectivity index (χ1n) is 10.1. The van der Waals surface area contributed by atoms with E-state index in [4.69, 9.17) is 9.47 Å². The van der Waals surface area contributed by atoms with Gasteiger partial charge in [-0.15, -0.1) is 0 Å². The Labute approximate surface area is 179 Å². The molecule has 0 aliphatic rings. The van der Waals surface area contributed by atoms with Crippen LogP contribution in [0.3, 0.4) is 0 Å². The molecule has 2 unspecified atom stereocenters. The lowest BCUT2D eigenvalue weighted by molar-refractivity contribution is 0.0135. The van der Waals surface area contributed by atoms with Crippen LogP contribution >= 0.6 is 0 Å². The molecule has 6 nitrogen and oxygen atoms in total. The fraction of sp³-hybridized carbons (Fsp3) is 0.417. The third-order valence-corrected chi connectivity index (χ3v) is 4.86. The van der Waals surface area contributed by atoms with Crippen LogP contribution in [-0.2, 0) is 9.47 Å². The summed E-state index contributed by atoms with van der Waals surface area (Å²) in [6.45, 7) is 3.89. The predicted octanol–water partition coefficient (Wildman–Crippen LogP) is 4.04. The van der Waals surface area contributed by atoms with Gasteiger partial charge in [-0.3, -0.25) is 4.79 Å². The summed E-state index contributed by atoms with van der Waals surface area (Å²) in [5.74, 6) is -0.427. The zero-order valence-corrected chi connectivity index (χ0v) is 18.7. The van der Waals surface area contributed by atoms with E-state index in [1.54, 1.807) is 19.1 Å². The number of ketones is 1. The number of rotatable bonds is 10. The van der Waals surface area contributed by atoms with Crippen molar-refractivity contribution in [2.24, 2.45) is 0 Å². The average Bonchev–Trinajstić information content (AvgIpc) is 2.73. The van der Waals surface area contributed by atoms with Gasteiger partial charge in [-0.2, -0.15) is 0 Å². The Hall–Kier alpha value is -2.86.